The van der Waals surface area contributed by atoms with Crippen LogP contribution in [-0.2, 0) is 0 Å². The molecule has 1 saturated heterocycles. The number of nitrogens with two attached hydrogens (primary N) is 1. The molecule has 0 spiro atoms. The number of nitrogens with zero attached hydrogens (tertiary/aromatic N) is 3. The molecule has 4 heteroatoms. The summed E-state index contributed by atoms with van der Waals surface area (Å²) < 4.78 is 0. The van der Waals surface area contributed by atoms with Crippen LogP contribution in [0.5, 0.6) is 0 Å². The molecule has 1 unspecified atom stereocenters. The third-order valence-electron chi connectivity index (χ3n) is 4.15. The van der Waals surface area contributed by atoms with Crippen LogP contribution in [-0.4, -0.2) is 43.1 Å². The molecule has 0 radical (unpaired) electrons. The van der Waals surface area contributed by atoms with E-state index in [0.29, 0.717) is 0 Å². The molecule has 0 saturated carbocycles. The summed E-state index contributed by atoms with van der Waals surface area (Å²) in [7, 11) is 4.34. The van der Waals surface area contributed by atoms with E-state index in [4.69, 9.17) is 5.73 Å². The van der Waals surface area contributed by atoms with Gasteiger partial charge in [0.1, 0.15) is 0 Å². The maximum Gasteiger partial charge on any atom is 0.0572 e. The largest absolute Gasteiger partial charge is 0.370 e. The van der Waals surface area contributed by atoms with Crippen molar-refractivity contribution in [1.82, 2.24) is 9.88 Å². The lowest BCUT2D eigenvalue weighted by Gasteiger charge is -2.36. The van der Waals surface area contributed by atoms with Gasteiger partial charge in [0, 0.05) is 25.2 Å². The predicted molar refractivity (Wildman–Crippen MR) is 80.4 cm³/mol. The van der Waals surface area contributed by atoms with E-state index in [2.05, 4.69) is 47.9 Å². The van der Waals surface area contributed by atoms with Crippen LogP contribution in [0, 0.1) is 0 Å². The quantitative estimate of drug-likeness (QED) is 0.902. The third-order valence-corrected chi connectivity index (χ3v) is 4.15. The summed E-state index contributed by atoms with van der Waals surface area (Å²) in [4.78, 5) is 9.26. The number of piperidine rings is 1. The molecule has 19 heavy (non-hydrogen) atoms. The Morgan fingerprint density at radius 1 is 1.37 bits per heavy atom. The summed E-state index contributed by atoms with van der Waals surface area (Å²) in [6.07, 6.45) is 5.36. The Labute approximate surface area is 116 Å². The van der Waals surface area contributed by atoms with Gasteiger partial charge in [-0.25, -0.2) is 0 Å². The molecule has 4 nitrogen and oxygen atoms in total. The first-order valence-electron chi connectivity index (χ1n) is 7.24. The Morgan fingerprint density at radius 3 is 2.53 bits per heavy atom. The van der Waals surface area contributed by atoms with Crippen molar-refractivity contribution in [2.24, 2.45) is 5.73 Å². The van der Waals surface area contributed by atoms with Crippen LogP contribution in [0.2, 0.25) is 0 Å². The Bertz CT molecular complexity index is 380. The van der Waals surface area contributed by atoms with E-state index in [0.717, 1.165) is 31.2 Å². The second kappa shape index (κ2) is 6.35. The van der Waals surface area contributed by atoms with Crippen LogP contribution in [0.1, 0.15) is 37.9 Å². The smallest absolute Gasteiger partial charge is 0.0572 e. The molecule has 1 aromatic heterocycles. The third kappa shape index (κ3) is 3.45. The minimum Gasteiger partial charge on any atom is -0.370 e. The van der Waals surface area contributed by atoms with E-state index < -0.39 is 0 Å². The Hall–Kier alpha value is -1.13. The lowest BCUT2D eigenvalue weighted by atomic mass is 10.0. The molecule has 2 rings (SSSR count). The molecule has 0 aliphatic carbocycles. The lowest BCUT2D eigenvalue weighted by molar-refractivity contribution is 0.249. The fraction of sp³-hybridized carbons (Fsp3) is 0.667. The van der Waals surface area contributed by atoms with Crippen LogP contribution >= 0.6 is 0 Å². The van der Waals surface area contributed by atoms with Gasteiger partial charge in [-0.15, -0.1) is 0 Å². The van der Waals surface area contributed by atoms with Crippen molar-refractivity contribution < 1.29 is 0 Å². The van der Waals surface area contributed by atoms with Gasteiger partial charge in [-0.3, -0.25) is 4.98 Å². The van der Waals surface area contributed by atoms with Crippen molar-refractivity contribution >= 4 is 5.69 Å². The van der Waals surface area contributed by atoms with Gasteiger partial charge in [-0.2, -0.15) is 0 Å². The van der Waals surface area contributed by atoms with Gasteiger partial charge in [0.2, 0.25) is 0 Å². The molecule has 1 aromatic rings. The average molecular weight is 262 g/mol. The highest BCUT2D eigenvalue weighted by atomic mass is 15.2. The highest BCUT2D eigenvalue weighted by Gasteiger charge is 2.20. The van der Waals surface area contributed by atoms with Gasteiger partial charge in [0.15, 0.2) is 0 Å². The summed E-state index contributed by atoms with van der Waals surface area (Å²) in [5.74, 6) is 0. The Kier molecular flexibility index (Phi) is 4.77. The first-order valence-corrected chi connectivity index (χ1v) is 7.24. The number of pyridine rings is 1. The van der Waals surface area contributed by atoms with Crippen molar-refractivity contribution in [2.45, 2.75) is 38.3 Å². The maximum absolute atomic E-state index is 5.99. The van der Waals surface area contributed by atoms with Crippen molar-refractivity contribution in [1.29, 1.82) is 0 Å². The van der Waals surface area contributed by atoms with Crippen molar-refractivity contribution in [3.63, 3.8) is 0 Å². The molecule has 1 atom stereocenters. The Balaban J connectivity index is 1.96. The first kappa shape index (κ1) is 14.3. The monoisotopic (exact) mass is 262 g/mol. The highest BCUT2D eigenvalue weighted by Crippen LogP contribution is 2.22. The minimum absolute atomic E-state index is 0.0635. The van der Waals surface area contributed by atoms with Crippen LogP contribution in [0.25, 0.3) is 0 Å². The SMILES string of the molecule is CCC(N)c1ccc(N2CCC(N(C)C)CC2)cn1. The Morgan fingerprint density at radius 2 is 2.05 bits per heavy atom. The van der Waals surface area contributed by atoms with Gasteiger partial charge >= 0.3 is 0 Å². The normalized spacial score (nSPS) is 18.9. The number of hydrogen-bond acceptors (Lipinski definition) is 4. The van der Waals surface area contributed by atoms with Crippen LogP contribution < -0.4 is 10.6 Å². The van der Waals surface area contributed by atoms with E-state index in [1.807, 2.05) is 6.20 Å². The zero-order valence-corrected chi connectivity index (χ0v) is 12.3. The van der Waals surface area contributed by atoms with E-state index in [9.17, 15) is 0 Å². The predicted octanol–water partition coefficient (Wildman–Crippen LogP) is 2.02. The van der Waals surface area contributed by atoms with Gasteiger partial charge in [0.05, 0.1) is 17.6 Å². The van der Waals surface area contributed by atoms with Gasteiger partial charge < -0.3 is 15.5 Å². The average Bonchev–Trinajstić information content (AvgIpc) is 2.46. The zero-order chi connectivity index (χ0) is 13.8. The van der Waals surface area contributed by atoms with Crippen molar-refractivity contribution in [3.8, 4) is 0 Å². The topological polar surface area (TPSA) is 45.4 Å². The molecule has 2 N–H and O–H groups in total. The van der Waals surface area contributed by atoms with Crippen LogP contribution in [0.4, 0.5) is 5.69 Å². The molecule has 1 aliphatic heterocycles. The minimum atomic E-state index is 0.0635. The number of aromatic nitrogens is 1. The standard InChI is InChI=1S/C15H26N4/c1-4-14(16)15-6-5-13(11-17-15)19-9-7-12(8-10-19)18(2)3/h5-6,11-12,14H,4,7-10,16H2,1-3H3. The fourth-order valence-corrected chi connectivity index (χ4v) is 2.65. The van der Waals surface area contributed by atoms with Crippen LogP contribution in [0.15, 0.2) is 18.3 Å². The fourth-order valence-electron chi connectivity index (χ4n) is 2.65. The summed E-state index contributed by atoms with van der Waals surface area (Å²) in [6, 6.07) is 5.01. The van der Waals surface area contributed by atoms with Gasteiger partial charge in [-0.1, -0.05) is 6.92 Å². The van der Waals surface area contributed by atoms with Crippen LogP contribution in [0.3, 0.4) is 0 Å². The number of anilines is 1. The number of hydrogen-bond donors (Lipinski definition) is 1. The van der Waals surface area contributed by atoms with E-state index in [1.165, 1.54) is 18.5 Å². The van der Waals surface area contributed by atoms with E-state index in [1.54, 1.807) is 0 Å². The highest BCUT2D eigenvalue weighted by molar-refractivity contribution is 5.45. The van der Waals surface area contributed by atoms with Crippen molar-refractivity contribution in [3.05, 3.63) is 24.0 Å². The number of rotatable bonds is 4. The van der Waals surface area contributed by atoms with Crippen molar-refractivity contribution in [2.75, 3.05) is 32.1 Å². The molecule has 2 heterocycles. The molecular formula is C15H26N4. The van der Waals surface area contributed by atoms with Gasteiger partial charge in [-0.05, 0) is 45.5 Å². The molecule has 1 fully saturated rings. The molecule has 106 valence electrons. The second-order valence-corrected chi connectivity index (χ2v) is 5.64. The zero-order valence-electron chi connectivity index (χ0n) is 12.3. The second-order valence-electron chi connectivity index (χ2n) is 5.64. The molecule has 1 aliphatic rings. The molecular weight excluding hydrogens is 236 g/mol. The van der Waals surface area contributed by atoms with Gasteiger partial charge in [0.25, 0.3) is 0 Å². The lowest BCUT2D eigenvalue weighted by Crippen LogP contribution is -2.42. The van der Waals surface area contributed by atoms with E-state index >= 15 is 0 Å². The summed E-state index contributed by atoms with van der Waals surface area (Å²) in [5.41, 5.74) is 8.21. The molecule has 0 aromatic carbocycles. The van der Waals surface area contributed by atoms with E-state index in [-0.39, 0.29) is 6.04 Å². The maximum atomic E-state index is 5.99. The first-order chi connectivity index (χ1) is 9.11. The summed E-state index contributed by atoms with van der Waals surface area (Å²) in [6.45, 7) is 4.32. The summed E-state index contributed by atoms with van der Waals surface area (Å²) >= 11 is 0. The summed E-state index contributed by atoms with van der Waals surface area (Å²) in [5, 5.41) is 0. The molecule has 0 amide bonds. The molecule has 0 bridgehead atoms.